The summed E-state index contributed by atoms with van der Waals surface area (Å²) in [5.74, 6) is -0.160. The first-order valence-corrected chi connectivity index (χ1v) is 12.0. The van der Waals surface area contributed by atoms with E-state index in [-0.39, 0.29) is 18.7 Å². The van der Waals surface area contributed by atoms with E-state index in [2.05, 4.69) is 15.5 Å². The molecule has 4 rings (SSSR count). The first-order valence-electron chi connectivity index (χ1n) is 8.95. The molecule has 1 aliphatic heterocycles. The summed E-state index contributed by atoms with van der Waals surface area (Å²) in [6.45, 7) is 0.0790. The Morgan fingerprint density at radius 2 is 2.00 bits per heavy atom. The van der Waals surface area contributed by atoms with E-state index >= 15 is 0 Å². The minimum Gasteiger partial charge on any atom is -0.478 e. The first-order chi connectivity index (χ1) is 14.3. The molecule has 1 aromatic heterocycles. The molecule has 0 saturated carbocycles. The number of aromatic nitrogens is 2. The second-order valence-corrected chi connectivity index (χ2v) is 9.93. The largest absolute Gasteiger partial charge is 0.478 e. The van der Waals surface area contributed by atoms with Crippen LogP contribution in [0.3, 0.4) is 0 Å². The van der Waals surface area contributed by atoms with Crippen molar-refractivity contribution < 1.29 is 17.9 Å². The van der Waals surface area contributed by atoms with Crippen LogP contribution >= 0.6 is 22.9 Å². The highest BCUT2D eigenvalue weighted by Gasteiger charge is 2.31. The van der Waals surface area contributed by atoms with Gasteiger partial charge in [-0.25, -0.2) is 8.42 Å². The molecule has 2 heterocycles. The van der Waals surface area contributed by atoms with Gasteiger partial charge >= 0.3 is 0 Å². The third-order valence-electron chi connectivity index (χ3n) is 4.42. The molecule has 0 radical (unpaired) electrons. The smallest absolute Gasteiger partial charge is 0.267 e. The van der Waals surface area contributed by atoms with Gasteiger partial charge in [0.2, 0.25) is 15.2 Å². The summed E-state index contributed by atoms with van der Waals surface area (Å²) in [5, 5.41) is 12.2. The molecule has 0 fully saturated rings. The van der Waals surface area contributed by atoms with Crippen molar-refractivity contribution in [2.45, 2.75) is 12.5 Å². The third kappa shape index (κ3) is 4.40. The molecule has 1 aliphatic rings. The van der Waals surface area contributed by atoms with Crippen LogP contribution in [-0.4, -0.2) is 43.4 Å². The summed E-state index contributed by atoms with van der Waals surface area (Å²) < 4.78 is 31.5. The highest BCUT2D eigenvalue weighted by Crippen LogP contribution is 2.36. The molecular formula is C19H17ClN4O4S2. The van der Waals surface area contributed by atoms with Gasteiger partial charge in [-0.2, -0.15) is 0 Å². The molecule has 1 unspecified atom stereocenters. The highest BCUT2D eigenvalue weighted by molar-refractivity contribution is 7.92. The van der Waals surface area contributed by atoms with E-state index in [1.54, 1.807) is 12.1 Å². The molecule has 0 saturated heterocycles. The zero-order valence-electron chi connectivity index (χ0n) is 15.8. The van der Waals surface area contributed by atoms with Crippen molar-refractivity contribution in [3.63, 3.8) is 0 Å². The van der Waals surface area contributed by atoms with Crippen molar-refractivity contribution in [1.82, 2.24) is 10.2 Å². The Balaban J connectivity index is 1.54. The Labute approximate surface area is 182 Å². The Morgan fingerprint density at radius 3 is 2.73 bits per heavy atom. The van der Waals surface area contributed by atoms with Crippen LogP contribution in [0.4, 0.5) is 10.8 Å². The number of hydrogen-bond acceptors (Lipinski definition) is 7. The lowest BCUT2D eigenvalue weighted by Crippen LogP contribution is -2.35. The SMILES string of the molecule is CS(=O)(=O)N1CCC(C(=O)Nc2nnc(-c3ccccc3)s2)Oc2ccc(Cl)cc21. The Morgan fingerprint density at radius 1 is 1.23 bits per heavy atom. The number of ether oxygens (including phenoxy) is 1. The number of rotatable bonds is 4. The van der Waals surface area contributed by atoms with Crippen LogP contribution in [-0.2, 0) is 14.8 Å². The fraction of sp³-hybridized carbons (Fsp3) is 0.211. The van der Waals surface area contributed by atoms with Crippen molar-refractivity contribution in [2.24, 2.45) is 0 Å². The number of amides is 1. The fourth-order valence-electron chi connectivity index (χ4n) is 3.04. The molecule has 1 atom stereocenters. The fourth-order valence-corrected chi connectivity index (χ4v) is 4.89. The monoisotopic (exact) mass is 464 g/mol. The number of nitrogens with one attached hydrogen (secondary N) is 1. The molecular weight excluding hydrogens is 448 g/mol. The van der Waals surface area contributed by atoms with Crippen LogP contribution in [0.25, 0.3) is 10.6 Å². The van der Waals surface area contributed by atoms with E-state index in [0.29, 0.717) is 20.8 Å². The second kappa shape index (κ2) is 8.21. The van der Waals surface area contributed by atoms with Gasteiger partial charge in [0, 0.05) is 23.6 Å². The summed E-state index contributed by atoms with van der Waals surface area (Å²) in [6, 6.07) is 14.1. The zero-order chi connectivity index (χ0) is 21.3. The van der Waals surface area contributed by atoms with Crippen LogP contribution in [0.1, 0.15) is 6.42 Å². The molecule has 0 bridgehead atoms. The standard InChI is InChI=1S/C19H17ClN4O4S2/c1-30(26,27)24-10-9-16(28-15-8-7-13(20)11-14(15)24)17(25)21-19-23-22-18(29-19)12-5-3-2-4-6-12/h2-8,11,16H,9-10H2,1H3,(H,21,23,25). The maximum atomic E-state index is 12.8. The van der Waals surface area contributed by atoms with Crippen LogP contribution < -0.4 is 14.4 Å². The number of hydrogen-bond donors (Lipinski definition) is 1. The van der Waals surface area contributed by atoms with Gasteiger partial charge in [0.15, 0.2) is 6.10 Å². The Kier molecular flexibility index (Phi) is 5.63. The first kappa shape index (κ1) is 20.6. The summed E-state index contributed by atoms with van der Waals surface area (Å²) in [5.41, 5.74) is 1.21. The van der Waals surface area contributed by atoms with Crippen molar-refractivity contribution in [2.75, 3.05) is 22.4 Å². The van der Waals surface area contributed by atoms with E-state index in [0.717, 1.165) is 11.8 Å². The van der Waals surface area contributed by atoms with Crippen LogP contribution in [0.5, 0.6) is 5.75 Å². The predicted octanol–water partition coefficient (Wildman–Crippen LogP) is 3.41. The average molecular weight is 465 g/mol. The summed E-state index contributed by atoms with van der Waals surface area (Å²) in [7, 11) is -3.57. The van der Waals surface area contributed by atoms with Gasteiger partial charge in [0.1, 0.15) is 10.8 Å². The van der Waals surface area contributed by atoms with Gasteiger partial charge in [-0.1, -0.05) is 53.3 Å². The van der Waals surface area contributed by atoms with Crippen molar-refractivity contribution in [3.8, 4) is 16.3 Å². The quantitative estimate of drug-likeness (QED) is 0.634. The van der Waals surface area contributed by atoms with E-state index < -0.39 is 22.0 Å². The molecule has 1 N–H and O–H groups in total. The van der Waals surface area contributed by atoms with Gasteiger partial charge < -0.3 is 4.74 Å². The molecule has 0 spiro atoms. The van der Waals surface area contributed by atoms with E-state index in [9.17, 15) is 13.2 Å². The number of fused-ring (bicyclic) bond motifs is 1. The molecule has 11 heteroatoms. The van der Waals surface area contributed by atoms with Crippen LogP contribution in [0.2, 0.25) is 5.02 Å². The Bertz CT molecular complexity index is 1180. The van der Waals surface area contributed by atoms with Gasteiger partial charge in [0.25, 0.3) is 5.91 Å². The number of carbonyl (C=O) groups excluding carboxylic acids is 1. The summed E-state index contributed by atoms with van der Waals surface area (Å²) in [4.78, 5) is 12.8. The lowest BCUT2D eigenvalue weighted by atomic mass is 10.2. The van der Waals surface area contributed by atoms with Crippen molar-refractivity contribution in [3.05, 3.63) is 53.6 Å². The van der Waals surface area contributed by atoms with Gasteiger partial charge in [0.05, 0.1) is 11.9 Å². The van der Waals surface area contributed by atoms with E-state index in [1.807, 2.05) is 30.3 Å². The van der Waals surface area contributed by atoms with Gasteiger partial charge in [-0.05, 0) is 18.2 Å². The lowest BCUT2D eigenvalue weighted by molar-refractivity contribution is -0.122. The minimum atomic E-state index is -3.57. The second-order valence-electron chi connectivity index (χ2n) is 6.61. The van der Waals surface area contributed by atoms with Crippen molar-refractivity contribution in [1.29, 1.82) is 0 Å². The summed E-state index contributed by atoms with van der Waals surface area (Å²) in [6.07, 6.45) is 0.362. The number of carbonyl (C=O) groups is 1. The molecule has 156 valence electrons. The molecule has 8 nitrogen and oxygen atoms in total. The molecule has 2 aromatic carbocycles. The predicted molar refractivity (Wildman–Crippen MR) is 117 cm³/mol. The number of halogens is 1. The molecule has 3 aromatic rings. The third-order valence-corrected chi connectivity index (χ3v) is 6.72. The molecule has 1 amide bonds. The lowest BCUT2D eigenvalue weighted by Gasteiger charge is -2.21. The van der Waals surface area contributed by atoms with Crippen molar-refractivity contribution >= 4 is 49.7 Å². The number of nitrogens with zero attached hydrogens (tertiary/aromatic N) is 3. The van der Waals surface area contributed by atoms with Gasteiger partial charge in [-0.15, -0.1) is 10.2 Å². The minimum absolute atomic E-state index is 0.0790. The topological polar surface area (TPSA) is 101 Å². The maximum Gasteiger partial charge on any atom is 0.267 e. The molecule has 0 aliphatic carbocycles. The van der Waals surface area contributed by atoms with E-state index in [4.69, 9.17) is 16.3 Å². The Hall–Kier alpha value is -2.69. The van der Waals surface area contributed by atoms with Crippen LogP contribution in [0, 0.1) is 0 Å². The van der Waals surface area contributed by atoms with Crippen LogP contribution in [0.15, 0.2) is 48.5 Å². The van der Waals surface area contributed by atoms with E-state index in [1.165, 1.54) is 21.7 Å². The van der Waals surface area contributed by atoms with Gasteiger partial charge in [-0.3, -0.25) is 14.4 Å². The number of benzene rings is 2. The number of sulfonamides is 1. The highest BCUT2D eigenvalue weighted by atomic mass is 35.5. The zero-order valence-corrected chi connectivity index (χ0v) is 18.2. The molecule has 30 heavy (non-hydrogen) atoms. The number of anilines is 2. The summed E-state index contributed by atoms with van der Waals surface area (Å²) >= 11 is 7.28. The normalized spacial score (nSPS) is 16.3. The maximum absolute atomic E-state index is 12.8. The average Bonchev–Trinajstić information content (AvgIpc) is 3.07.